The summed E-state index contributed by atoms with van der Waals surface area (Å²) in [5.74, 6) is 2.42. The number of rotatable bonds is 18. The lowest BCUT2D eigenvalue weighted by Crippen LogP contribution is -2.24. The van der Waals surface area contributed by atoms with Crippen LogP contribution in [0.5, 0.6) is 17.2 Å². The summed E-state index contributed by atoms with van der Waals surface area (Å²) < 4.78 is 11.9. The summed E-state index contributed by atoms with van der Waals surface area (Å²) in [6.07, 6.45) is 13.5. The van der Waals surface area contributed by atoms with Gasteiger partial charge in [0, 0.05) is 11.0 Å². The third-order valence-corrected chi connectivity index (χ3v) is 10.6. The van der Waals surface area contributed by atoms with Gasteiger partial charge in [-0.25, -0.2) is 4.85 Å². The number of nitriles is 1. The minimum absolute atomic E-state index is 0.280. The summed E-state index contributed by atoms with van der Waals surface area (Å²) in [6, 6.07) is 26.8. The Morgan fingerprint density at radius 1 is 0.706 bits per heavy atom. The van der Waals surface area contributed by atoms with Crippen LogP contribution in [0.4, 0.5) is 5.69 Å². The number of hydrogen-bond acceptors (Lipinski definition) is 5. The molecule has 0 amide bonds. The van der Waals surface area contributed by atoms with Crippen molar-refractivity contribution >= 4 is 5.69 Å². The second kappa shape index (κ2) is 17.4. The Labute approximate surface area is 304 Å². The van der Waals surface area contributed by atoms with Gasteiger partial charge in [-0.05, 0) is 115 Å². The van der Waals surface area contributed by atoms with E-state index in [4.69, 9.17) is 25.8 Å². The second-order valence-electron chi connectivity index (χ2n) is 14.0. The molecule has 0 aromatic heterocycles. The first-order valence-corrected chi connectivity index (χ1v) is 18.9. The van der Waals surface area contributed by atoms with Crippen LogP contribution in [0.15, 0.2) is 72.8 Å². The molecule has 1 unspecified atom stereocenters. The zero-order valence-electron chi connectivity index (χ0n) is 30.3. The second-order valence-corrected chi connectivity index (χ2v) is 14.0. The van der Waals surface area contributed by atoms with Crippen LogP contribution in [0, 0.1) is 17.9 Å². The number of hydrogen-bond donors (Lipinski definition) is 0. The molecular formula is C45H50N2O4. The van der Waals surface area contributed by atoms with Crippen LogP contribution in [0.2, 0.25) is 0 Å². The molecule has 0 saturated carbocycles. The largest absolute Gasteiger partial charge is 0.494 e. The van der Waals surface area contributed by atoms with Crippen molar-refractivity contribution in [3.05, 3.63) is 129 Å². The summed E-state index contributed by atoms with van der Waals surface area (Å²) >= 11 is 0. The maximum absolute atomic E-state index is 10.2. The predicted octanol–water partition coefficient (Wildman–Crippen LogP) is 11.3. The van der Waals surface area contributed by atoms with Crippen LogP contribution in [0.3, 0.4) is 0 Å². The SMILES string of the molecule is [C-]#[N+]c1ccc(OOCc2ccc(OCCCCCC)cc2)c2c1CCC21CCc2c(C#N)ccc(Cc3ccc(OCCCCCC)cc3)c21. The highest BCUT2D eigenvalue weighted by Gasteiger charge is 2.49. The van der Waals surface area contributed by atoms with Gasteiger partial charge in [0.2, 0.25) is 0 Å². The van der Waals surface area contributed by atoms with Crippen molar-refractivity contribution in [2.24, 2.45) is 0 Å². The Bertz CT molecular complexity index is 1850. The van der Waals surface area contributed by atoms with Crippen molar-refractivity contribution in [3.63, 3.8) is 0 Å². The molecule has 0 radical (unpaired) electrons. The monoisotopic (exact) mass is 682 g/mol. The van der Waals surface area contributed by atoms with Gasteiger partial charge in [-0.15, -0.1) is 0 Å². The van der Waals surface area contributed by atoms with Gasteiger partial charge in [0.25, 0.3) is 0 Å². The van der Waals surface area contributed by atoms with E-state index in [1.165, 1.54) is 55.2 Å². The lowest BCUT2D eigenvalue weighted by atomic mass is 9.73. The highest BCUT2D eigenvalue weighted by Crippen LogP contribution is 2.58. The van der Waals surface area contributed by atoms with Crippen molar-refractivity contribution in [1.29, 1.82) is 5.26 Å². The molecule has 6 heteroatoms. The fourth-order valence-electron chi connectivity index (χ4n) is 8.00. The van der Waals surface area contributed by atoms with Crippen LogP contribution >= 0.6 is 0 Å². The molecule has 0 heterocycles. The van der Waals surface area contributed by atoms with Gasteiger partial charge in [-0.3, -0.25) is 0 Å². The van der Waals surface area contributed by atoms with Gasteiger partial charge in [0.15, 0.2) is 11.4 Å². The van der Waals surface area contributed by atoms with Gasteiger partial charge < -0.3 is 14.4 Å². The van der Waals surface area contributed by atoms with Gasteiger partial charge in [-0.2, -0.15) is 10.1 Å². The van der Waals surface area contributed by atoms with Crippen molar-refractivity contribution in [3.8, 4) is 23.3 Å². The van der Waals surface area contributed by atoms with Crippen molar-refractivity contribution in [1.82, 2.24) is 0 Å². The summed E-state index contributed by atoms with van der Waals surface area (Å²) in [4.78, 5) is 16.0. The first kappa shape index (κ1) is 36.0. The van der Waals surface area contributed by atoms with Gasteiger partial charge in [-0.1, -0.05) is 88.8 Å². The van der Waals surface area contributed by atoms with Gasteiger partial charge in [0.1, 0.15) is 18.1 Å². The number of fused-ring (bicyclic) bond motifs is 4. The summed E-state index contributed by atoms with van der Waals surface area (Å²) in [5, 5.41) is 10.2. The lowest BCUT2D eigenvalue weighted by molar-refractivity contribution is -0.218. The van der Waals surface area contributed by atoms with E-state index >= 15 is 0 Å². The Morgan fingerprint density at radius 2 is 1.33 bits per heavy atom. The highest BCUT2D eigenvalue weighted by atomic mass is 17.2. The lowest BCUT2D eigenvalue weighted by Gasteiger charge is -2.30. The summed E-state index contributed by atoms with van der Waals surface area (Å²) in [7, 11) is 0. The van der Waals surface area contributed by atoms with E-state index in [1.807, 2.05) is 42.5 Å². The van der Waals surface area contributed by atoms with Crippen molar-refractivity contribution < 1.29 is 19.2 Å². The molecule has 2 aliphatic carbocycles. The molecule has 0 bridgehead atoms. The minimum atomic E-state index is -0.357. The molecular weight excluding hydrogens is 633 g/mol. The van der Waals surface area contributed by atoms with Crippen LogP contribution in [-0.4, -0.2) is 13.2 Å². The number of nitrogens with zero attached hydrogens (tertiary/aromatic N) is 2. The molecule has 1 spiro atoms. The van der Waals surface area contributed by atoms with E-state index in [9.17, 15) is 5.26 Å². The Kier molecular flexibility index (Phi) is 12.3. The molecule has 0 fully saturated rings. The van der Waals surface area contributed by atoms with Crippen LogP contribution in [0.1, 0.15) is 123 Å². The van der Waals surface area contributed by atoms with E-state index in [0.717, 1.165) is 97.5 Å². The smallest absolute Gasteiger partial charge is 0.190 e. The molecule has 6 nitrogen and oxygen atoms in total. The van der Waals surface area contributed by atoms with Gasteiger partial charge in [0.05, 0.1) is 31.4 Å². The Morgan fingerprint density at radius 3 is 1.94 bits per heavy atom. The van der Waals surface area contributed by atoms with E-state index in [-0.39, 0.29) is 12.0 Å². The maximum Gasteiger partial charge on any atom is 0.190 e. The molecule has 4 aromatic rings. The number of ether oxygens (including phenoxy) is 2. The Hall–Kier alpha value is -4.78. The molecule has 2 aliphatic rings. The average Bonchev–Trinajstić information content (AvgIpc) is 3.75. The topological polar surface area (TPSA) is 65.1 Å². The zero-order valence-corrected chi connectivity index (χ0v) is 30.3. The molecule has 0 N–H and O–H groups in total. The van der Waals surface area contributed by atoms with Crippen molar-refractivity contribution in [2.45, 2.75) is 109 Å². The fourth-order valence-corrected chi connectivity index (χ4v) is 8.00. The van der Waals surface area contributed by atoms with E-state index < -0.39 is 0 Å². The standard InChI is InChI=1S/C45H50N2O4/c1-4-6-8-10-28-48-37-18-12-33(13-19-37)30-35-16-17-36(31-46)39-24-26-45(43(35)39)27-25-40-41(47-3)22-23-42(44(40)45)51-50-32-34-14-20-38(21-15-34)49-29-11-9-7-5-2/h12-23H,4-11,24-30,32H2,1-2H3. The number of unbranched alkanes of at least 4 members (excludes halogenated alkanes) is 6. The van der Waals surface area contributed by atoms with E-state index in [0.29, 0.717) is 11.4 Å². The third kappa shape index (κ3) is 8.24. The van der Waals surface area contributed by atoms with Gasteiger partial charge >= 0.3 is 0 Å². The summed E-state index contributed by atoms with van der Waals surface area (Å²) in [6.45, 7) is 14.1. The van der Waals surface area contributed by atoms with Crippen LogP contribution in [-0.2, 0) is 36.2 Å². The molecule has 0 aliphatic heterocycles. The number of benzene rings is 4. The average molecular weight is 683 g/mol. The molecule has 51 heavy (non-hydrogen) atoms. The zero-order chi connectivity index (χ0) is 35.5. The maximum atomic E-state index is 10.2. The molecule has 1 atom stereocenters. The molecule has 4 aromatic carbocycles. The molecule has 6 rings (SSSR count). The van der Waals surface area contributed by atoms with Crippen LogP contribution < -0.4 is 14.4 Å². The quantitative estimate of drug-likeness (QED) is 0.0452. The normalized spacial score (nSPS) is 15.6. The van der Waals surface area contributed by atoms with Crippen molar-refractivity contribution in [2.75, 3.05) is 13.2 Å². The predicted molar refractivity (Wildman–Crippen MR) is 202 cm³/mol. The third-order valence-electron chi connectivity index (χ3n) is 10.6. The first-order valence-electron chi connectivity index (χ1n) is 18.9. The first-order chi connectivity index (χ1) is 25.1. The minimum Gasteiger partial charge on any atom is -0.494 e. The van der Waals surface area contributed by atoms with E-state index in [2.05, 4.69) is 55.1 Å². The highest BCUT2D eigenvalue weighted by molar-refractivity contribution is 5.70. The molecule has 264 valence electrons. The van der Waals surface area contributed by atoms with Crippen LogP contribution in [0.25, 0.3) is 4.85 Å². The fraction of sp³-hybridized carbons (Fsp3) is 0.422. The van der Waals surface area contributed by atoms with E-state index in [1.54, 1.807) is 0 Å². The summed E-state index contributed by atoms with van der Waals surface area (Å²) in [5.41, 5.74) is 8.88. The molecule has 0 saturated heterocycles. The Balaban J connectivity index is 1.21.